The summed E-state index contributed by atoms with van der Waals surface area (Å²) in [7, 11) is 0. The van der Waals surface area contributed by atoms with E-state index in [1.807, 2.05) is 0 Å². The van der Waals surface area contributed by atoms with E-state index in [1.165, 1.54) is 126 Å². The summed E-state index contributed by atoms with van der Waals surface area (Å²) in [6.07, 6.45) is 7.14. The molecule has 4 aliphatic heterocycles. The lowest BCUT2D eigenvalue weighted by molar-refractivity contribution is 0.194. The fourth-order valence-corrected chi connectivity index (χ4v) is 14.5. The van der Waals surface area contributed by atoms with E-state index in [-0.39, 0.29) is 34.0 Å². The highest BCUT2D eigenvalue weighted by atomic mass is 15.3. The molecule has 0 N–H and O–H groups in total. The lowest BCUT2D eigenvalue weighted by atomic mass is 9.32. The van der Waals surface area contributed by atoms with Crippen LogP contribution < -0.4 is 31.1 Å². The van der Waals surface area contributed by atoms with E-state index in [9.17, 15) is 0 Å². The third-order valence-corrected chi connectivity index (χ3v) is 17.9. The summed E-state index contributed by atoms with van der Waals surface area (Å²) >= 11 is 0. The van der Waals surface area contributed by atoms with E-state index in [2.05, 4.69) is 194 Å². The van der Waals surface area contributed by atoms with Gasteiger partial charge in [-0.2, -0.15) is 0 Å². The summed E-state index contributed by atoms with van der Waals surface area (Å²) in [6, 6.07) is 41.3. The third kappa shape index (κ3) is 4.54. The molecule has 2 aliphatic carbocycles. The van der Waals surface area contributed by atoms with Crippen LogP contribution >= 0.6 is 0 Å². The molecule has 0 radical (unpaired) electrons. The zero-order valence-electron chi connectivity index (χ0n) is 39.0. The Hall–Kier alpha value is -5.22. The molecule has 4 unspecified atom stereocenters. The molecule has 0 amide bonds. The smallest absolute Gasteiger partial charge is 0.252 e. The van der Waals surface area contributed by atoms with E-state index in [1.54, 1.807) is 5.56 Å². The molecule has 312 valence electrons. The minimum absolute atomic E-state index is 0.0340. The number of nitrogens with zero attached hydrogens (tertiary/aromatic N) is 3. The number of benzene rings is 6. The van der Waals surface area contributed by atoms with E-state index in [4.69, 9.17) is 0 Å². The van der Waals surface area contributed by atoms with E-state index < -0.39 is 0 Å². The topological polar surface area (TPSA) is 9.72 Å². The van der Waals surface area contributed by atoms with Gasteiger partial charge in [-0.05, 0) is 170 Å². The van der Waals surface area contributed by atoms with Gasteiger partial charge in [-0.1, -0.05) is 120 Å². The SMILES string of the molecule is Cc1cccc(N2c3cc(C)ccc3B3c4c2cc(N2c5ccc(C(C)(C)C)cc5C5(C)CCc6ccccc6C25C)cc4N2c4c3c(C)cc(C)c4C3(C)CCCCC23C)c1. The van der Waals surface area contributed by atoms with Crippen LogP contribution in [0.5, 0.6) is 0 Å². The van der Waals surface area contributed by atoms with Gasteiger partial charge >= 0.3 is 0 Å². The Kier molecular flexibility index (Phi) is 7.62. The van der Waals surface area contributed by atoms with Crippen molar-refractivity contribution in [2.75, 3.05) is 14.7 Å². The summed E-state index contributed by atoms with van der Waals surface area (Å²) in [5.74, 6) is 0. The number of fused-ring (bicyclic) bond motifs is 12. The van der Waals surface area contributed by atoms with Gasteiger partial charge in [0.05, 0.1) is 11.1 Å². The van der Waals surface area contributed by atoms with Crippen molar-refractivity contribution in [1.82, 2.24) is 0 Å². The Balaban J connectivity index is 1.24. The van der Waals surface area contributed by atoms with Gasteiger partial charge in [0.15, 0.2) is 0 Å². The number of hydrogen-bond donors (Lipinski definition) is 0. The van der Waals surface area contributed by atoms with Gasteiger partial charge < -0.3 is 14.7 Å². The molecule has 6 aliphatic rings. The van der Waals surface area contributed by atoms with Crippen LogP contribution in [-0.2, 0) is 28.2 Å². The van der Waals surface area contributed by atoms with Crippen molar-refractivity contribution in [2.45, 2.75) is 142 Å². The number of rotatable bonds is 2. The molecule has 1 fully saturated rings. The Labute approximate surface area is 371 Å². The van der Waals surface area contributed by atoms with Crippen molar-refractivity contribution < 1.29 is 0 Å². The van der Waals surface area contributed by atoms with Gasteiger partial charge in [-0.3, -0.25) is 0 Å². The van der Waals surface area contributed by atoms with Crippen molar-refractivity contribution in [3.8, 4) is 0 Å². The Morgan fingerprint density at radius 3 is 2.11 bits per heavy atom. The molecule has 0 aromatic heterocycles. The quantitative estimate of drug-likeness (QED) is 0.161. The summed E-state index contributed by atoms with van der Waals surface area (Å²) in [5.41, 5.74) is 26.3. The van der Waals surface area contributed by atoms with Crippen molar-refractivity contribution >= 4 is 62.9 Å². The average molecular weight is 812 g/mol. The first-order valence-corrected chi connectivity index (χ1v) is 23.6. The lowest BCUT2D eigenvalue weighted by Crippen LogP contribution is -2.65. The molecule has 4 heteroatoms. The maximum Gasteiger partial charge on any atom is 0.252 e. The highest BCUT2D eigenvalue weighted by Crippen LogP contribution is 2.66. The lowest BCUT2D eigenvalue weighted by Gasteiger charge is -2.54. The van der Waals surface area contributed by atoms with Gasteiger partial charge in [0.1, 0.15) is 0 Å². The highest BCUT2D eigenvalue weighted by Gasteiger charge is 2.64. The maximum absolute atomic E-state index is 2.94. The molecule has 3 nitrogen and oxygen atoms in total. The highest BCUT2D eigenvalue weighted by molar-refractivity contribution is 7.00. The molecule has 1 saturated carbocycles. The summed E-state index contributed by atoms with van der Waals surface area (Å²) in [4.78, 5) is 8.42. The van der Waals surface area contributed by atoms with Crippen LogP contribution in [0.25, 0.3) is 0 Å². The number of hydrogen-bond acceptors (Lipinski definition) is 3. The molecule has 4 atom stereocenters. The molecule has 0 bridgehead atoms. The molecule has 6 aromatic carbocycles. The predicted octanol–water partition coefficient (Wildman–Crippen LogP) is 12.8. The van der Waals surface area contributed by atoms with E-state index in [0.717, 1.165) is 12.8 Å². The van der Waals surface area contributed by atoms with Crippen LogP contribution in [0.15, 0.2) is 103 Å². The van der Waals surface area contributed by atoms with Crippen LogP contribution in [0, 0.1) is 27.7 Å². The van der Waals surface area contributed by atoms with Gasteiger partial charge in [-0.15, -0.1) is 0 Å². The first-order chi connectivity index (χ1) is 29.5. The van der Waals surface area contributed by atoms with Crippen LogP contribution in [0.2, 0.25) is 0 Å². The average Bonchev–Trinajstić information content (AvgIpc) is 3.58. The number of aryl methyl sites for hydroxylation is 5. The van der Waals surface area contributed by atoms with Crippen molar-refractivity contribution in [3.05, 3.63) is 153 Å². The zero-order valence-corrected chi connectivity index (χ0v) is 39.0. The first kappa shape index (κ1) is 38.5. The molecule has 6 aromatic rings. The largest absolute Gasteiger partial charge is 0.335 e. The zero-order chi connectivity index (χ0) is 43.0. The fraction of sp³-hybridized carbons (Fsp3) is 0.379. The second kappa shape index (κ2) is 12.3. The molecular weight excluding hydrogens is 749 g/mol. The van der Waals surface area contributed by atoms with Crippen LogP contribution in [0.4, 0.5) is 39.8 Å². The summed E-state index contributed by atoms with van der Waals surface area (Å²) in [5, 5.41) is 0. The van der Waals surface area contributed by atoms with Crippen LogP contribution in [-0.4, -0.2) is 12.3 Å². The number of anilines is 7. The van der Waals surface area contributed by atoms with Crippen molar-refractivity contribution in [1.29, 1.82) is 0 Å². The monoisotopic (exact) mass is 812 g/mol. The van der Waals surface area contributed by atoms with Gasteiger partial charge in [0, 0.05) is 50.6 Å². The molecule has 0 spiro atoms. The first-order valence-electron chi connectivity index (χ1n) is 23.6. The van der Waals surface area contributed by atoms with Crippen LogP contribution in [0.1, 0.15) is 131 Å². The minimum Gasteiger partial charge on any atom is -0.335 e. The Morgan fingerprint density at radius 2 is 1.32 bits per heavy atom. The standard InChI is InChI=1S/C58H62BN3/c1-35-17-16-19-41(29-35)60-47-30-36(2)21-23-45(47)59-51-38(4)31-37(3)50-53(51)62(57(10)27-15-14-26-56(50,57)9)49-34-42(33-48(60)52(49)59)61-46-24-22-40(54(5,6)7)32-44(46)55(8)28-25-39-18-12-13-20-43(39)58(55,61)11/h12-13,16-24,29-34H,14-15,25-28H2,1-11H3. The Bertz CT molecular complexity index is 2950. The van der Waals surface area contributed by atoms with Crippen molar-refractivity contribution in [3.63, 3.8) is 0 Å². The molecule has 4 heterocycles. The van der Waals surface area contributed by atoms with Gasteiger partial charge in [-0.25, -0.2) is 0 Å². The molecule has 62 heavy (non-hydrogen) atoms. The van der Waals surface area contributed by atoms with Crippen LogP contribution in [0.3, 0.4) is 0 Å². The van der Waals surface area contributed by atoms with Gasteiger partial charge in [0.25, 0.3) is 6.71 Å². The van der Waals surface area contributed by atoms with Gasteiger partial charge in [0.2, 0.25) is 0 Å². The normalized spacial score (nSPS) is 26.0. The molecule has 0 saturated heterocycles. The predicted molar refractivity (Wildman–Crippen MR) is 264 cm³/mol. The van der Waals surface area contributed by atoms with Crippen molar-refractivity contribution in [2.24, 2.45) is 0 Å². The van der Waals surface area contributed by atoms with E-state index in [0.29, 0.717) is 0 Å². The Morgan fingerprint density at radius 1 is 0.565 bits per heavy atom. The molecule has 12 rings (SSSR count). The second-order valence-electron chi connectivity index (χ2n) is 22.2. The van der Waals surface area contributed by atoms with E-state index >= 15 is 0 Å². The fourth-order valence-electron chi connectivity index (χ4n) is 14.5. The minimum atomic E-state index is -0.322. The molecular formula is C58H62BN3. The third-order valence-electron chi connectivity index (χ3n) is 17.9. The second-order valence-corrected chi connectivity index (χ2v) is 22.2. The maximum atomic E-state index is 2.94. The summed E-state index contributed by atoms with van der Waals surface area (Å²) in [6.45, 7) is 27.0. The summed E-state index contributed by atoms with van der Waals surface area (Å²) < 4.78 is 0.